The predicted octanol–water partition coefficient (Wildman–Crippen LogP) is 4.49. The largest absolute Gasteiger partial charge is 0.0527 e. The quantitative estimate of drug-likeness (QED) is 0.622. The Morgan fingerprint density at radius 1 is 0.471 bits per heavy atom. The van der Waals surface area contributed by atoms with Crippen molar-refractivity contribution in [2.45, 2.75) is 57.8 Å². The van der Waals surface area contributed by atoms with Crippen LogP contribution in [-0.4, -0.2) is 0 Å². The lowest BCUT2D eigenvalue weighted by atomic mass is 9.67. The smallest absolute Gasteiger partial charge is 0.0349 e. The van der Waals surface area contributed by atoms with Crippen molar-refractivity contribution in [1.29, 1.82) is 0 Å². The fraction of sp³-hybridized carbons (Fsp3) is 1.00. The molecule has 0 aromatic heterocycles. The van der Waals surface area contributed by atoms with Crippen molar-refractivity contribution >= 4 is 0 Å². The summed E-state index contributed by atoms with van der Waals surface area (Å²) < 4.78 is 0. The van der Waals surface area contributed by atoms with E-state index in [0.717, 1.165) is 0 Å². The molecule has 0 aliphatic heterocycles. The van der Waals surface area contributed by atoms with Crippen LogP contribution >= 0.6 is 0 Å². The second-order valence-corrected chi connectivity index (χ2v) is 8.16. The molecule has 0 heterocycles. The summed E-state index contributed by atoms with van der Waals surface area (Å²) >= 11 is 0. The second-order valence-electron chi connectivity index (χ2n) is 8.16. The van der Waals surface area contributed by atoms with E-state index in [1.165, 1.54) is 47.3 Å². The van der Waals surface area contributed by atoms with Crippen LogP contribution in [0.25, 0.3) is 0 Å². The molecule has 8 atom stereocenters. The maximum atomic E-state index is 1.67. The van der Waals surface area contributed by atoms with Crippen LogP contribution in [0.3, 0.4) is 0 Å². The Morgan fingerprint density at radius 3 is 2.06 bits per heavy atom. The third kappa shape index (κ3) is 1.21. The maximum absolute atomic E-state index is 1.67. The van der Waals surface area contributed by atoms with Gasteiger partial charge in [-0.25, -0.2) is 0 Å². The van der Waals surface area contributed by atoms with Gasteiger partial charge in [0.2, 0.25) is 0 Å². The predicted molar refractivity (Wildman–Crippen MR) is 69.5 cm³/mol. The van der Waals surface area contributed by atoms with E-state index in [2.05, 4.69) is 0 Å². The van der Waals surface area contributed by atoms with Crippen LogP contribution in [0.15, 0.2) is 0 Å². The Kier molecular flexibility index (Phi) is 1.92. The molecular formula is C17H26. The van der Waals surface area contributed by atoms with Crippen LogP contribution in [0, 0.1) is 47.3 Å². The molecule has 0 nitrogen and oxygen atoms in total. The third-order valence-electron chi connectivity index (χ3n) is 7.82. The fourth-order valence-corrected chi connectivity index (χ4v) is 7.43. The first-order valence-corrected chi connectivity index (χ1v) is 8.40. The van der Waals surface area contributed by atoms with Crippen LogP contribution < -0.4 is 0 Å². The van der Waals surface area contributed by atoms with Crippen molar-refractivity contribution < 1.29 is 0 Å². The standard InChI is InChI=1S/C17H26/c1-2-13-12-8-16(14(13)3-1)17(9-12)15-7-10-4-5-11(15)6-10/h10-17H,1-9H2. The molecule has 0 N–H and O–H groups in total. The highest BCUT2D eigenvalue weighted by atomic mass is 14.6. The molecule has 0 aromatic rings. The Labute approximate surface area is 106 Å². The van der Waals surface area contributed by atoms with Gasteiger partial charge in [0, 0.05) is 0 Å². The number of hydrogen-bond donors (Lipinski definition) is 0. The molecular weight excluding hydrogens is 204 g/mol. The van der Waals surface area contributed by atoms with Crippen molar-refractivity contribution in [1.82, 2.24) is 0 Å². The van der Waals surface area contributed by atoms with Crippen LogP contribution in [0.1, 0.15) is 57.8 Å². The SMILES string of the molecule is C1CC2C3CC(C4CC5CCC4C5)C(C3)C2C1. The molecule has 0 aromatic carbocycles. The van der Waals surface area contributed by atoms with Gasteiger partial charge in [0.25, 0.3) is 0 Å². The van der Waals surface area contributed by atoms with Crippen LogP contribution in [0.4, 0.5) is 0 Å². The van der Waals surface area contributed by atoms with E-state index in [1.807, 2.05) is 0 Å². The van der Waals surface area contributed by atoms with Crippen LogP contribution in [0.5, 0.6) is 0 Å². The number of fused-ring (bicyclic) bond motifs is 7. The molecule has 4 bridgehead atoms. The topological polar surface area (TPSA) is 0 Å². The molecule has 0 amide bonds. The highest BCUT2D eigenvalue weighted by molar-refractivity contribution is 5.06. The van der Waals surface area contributed by atoms with E-state index in [-0.39, 0.29) is 0 Å². The summed E-state index contributed by atoms with van der Waals surface area (Å²) in [5.74, 6) is 9.56. The Hall–Kier alpha value is 0. The summed E-state index contributed by atoms with van der Waals surface area (Å²) in [5.41, 5.74) is 0. The Morgan fingerprint density at radius 2 is 1.29 bits per heavy atom. The zero-order chi connectivity index (χ0) is 11.0. The van der Waals surface area contributed by atoms with Gasteiger partial charge in [-0.1, -0.05) is 12.8 Å². The maximum Gasteiger partial charge on any atom is -0.0349 e. The normalized spacial score (nSPS) is 63.5. The molecule has 5 fully saturated rings. The molecule has 0 saturated heterocycles. The lowest BCUT2D eigenvalue weighted by molar-refractivity contribution is 0.104. The number of rotatable bonds is 1. The zero-order valence-electron chi connectivity index (χ0n) is 11.0. The third-order valence-corrected chi connectivity index (χ3v) is 7.82. The highest BCUT2D eigenvalue weighted by Gasteiger charge is 2.57. The zero-order valence-corrected chi connectivity index (χ0v) is 11.0. The average molecular weight is 230 g/mol. The summed E-state index contributed by atoms with van der Waals surface area (Å²) in [5, 5.41) is 0. The molecule has 0 heteroatoms. The lowest BCUT2D eigenvalue weighted by Gasteiger charge is -2.38. The molecule has 94 valence electrons. The van der Waals surface area contributed by atoms with E-state index < -0.39 is 0 Å². The first kappa shape index (κ1) is 9.87. The highest BCUT2D eigenvalue weighted by Crippen LogP contribution is 2.66. The van der Waals surface area contributed by atoms with Crippen molar-refractivity contribution in [2.24, 2.45) is 47.3 Å². The van der Waals surface area contributed by atoms with E-state index in [4.69, 9.17) is 0 Å². The first-order chi connectivity index (χ1) is 8.40. The summed E-state index contributed by atoms with van der Waals surface area (Å²) in [7, 11) is 0. The monoisotopic (exact) mass is 230 g/mol. The molecule has 5 aliphatic carbocycles. The minimum atomic E-state index is 1.17. The molecule has 0 spiro atoms. The summed E-state index contributed by atoms with van der Waals surface area (Å²) in [6, 6.07) is 0. The van der Waals surface area contributed by atoms with Gasteiger partial charge in [-0.05, 0) is 92.3 Å². The van der Waals surface area contributed by atoms with Gasteiger partial charge in [0.15, 0.2) is 0 Å². The van der Waals surface area contributed by atoms with Gasteiger partial charge in [0.05, 0.1) is 0 Å². The molecule has 5 rings (SSSR count). The van der Waals surface area contributed by atoms with E-state index >= 15 is 0 Å². The molecule has 5 saturated carbocycles. The van der Waals surface area contributed by atoms with Gasteiger partial charge in [-0.3, -0.25) is 0 Å². The molecule has 17 heavy (non-hydrogen) atoms. The van der Waals surface area contributed by atoms with Gasteiger partial charge in [-0.15, -0.1) is 0 Å². The van der Waals surface area contributed by atoms with Gasteiger partial charge >= 0.3 is 0 Å². The molecule has 0 radical (unpaired) electrons. The lowest BCUT2D eigenvalue weighted by Crippen LogP contribution is -2.31. The molecule has 8 unspecified atom stereocenters. The van der Waals surface area contributed by atoms with E-state index in [0.29, 0.717) is 0 Å². The van der Waals surface area contributed by atoms with Gasteiger partial charge in [0.1, 0.15) is 0 Å². The minimum Gasteiger partial charge on any atom is -0.0527 e. The van der Waals surface area contributed by atoms with E-state index in [9.17, 15) is 0 Å². The van der Waals surface area contributed by atoms with Crippen molar-refractivity contribution in [3.63, 3.8) is 0 Å². The number of hydrogen-bond acceptors (Lipinski definition) is 0. The van der Waals surface area contributed by atoms with Crippen molar-refractivity contribution in [3.8, 4) is 0 Å². The van der Waals surface area contributed by atoms with Gasteiger partial charge in [-0.2, -0.15) is 0 Å². The summed E-state index contributed by atoms with van der Waals surface area (Å²) in [4.78, 5) is 0. The van der Waals surface area contributed by atoms with Crippen LogP contribution in [-0.2, 0) is 0 Å². The summed E-state index contributed by atoms with van der Waals surface area (Å²) in [6.07, 6.45) is 14.6. The van der Waals surface area contributed by atoms with Crippen molar-refractivity contribution in [3.05, 3.63) is 0 Å². The van der Waals surface area contributed by atoms with E-state index in [1.54, 1.807) is 57.8 Å². The van der Waals surface area contributed by atoms with Crippen LogP contribution in [0.2, 0.25) is 0 Å². The van der Waals surface area contributed by atoms with Gasteiger partial charge < -0.3 is 0 Å². The summed E-state index contributed by atoms with van der Waals surface area (Å²) in [6.45, 7) is 0. The fourth-order valence-electron chi connectivity index (χ4n) is 7.43. The Bertz CT molecular complexity index is 333. The van der Waals surface area contributed by atoms with Crippen molar-refractivity contribution in [2.75, 3.05) is 0 Å². The molecule has 5 aliphatic rings. The first-order valence-electron chi connectivity index (χ1n) is 8.40. The minimum absolute atomic E-state index is 1.17. The average Bonchev–Trinajstić information content (AvgIpc) is 3.12. The second kappa shape index (κ2) is 3.31. The Balaban J connectivity index is 1.40.